The molecule has 0 fully saturated rings. The molecule has 1 aromatic carbocycles. The standard InChI is InChI=1S/C19H23N3O2/c1-3-22-9-8-14(13-22)12-21(2)19(24)11-15-10-18(23)20-17-7-5-4-6-16(15)17/h4-9,13,15H,3,10-12H2,1-2H3,(H,20,23). The van der Waals surface area contributed by atoms with Gasteiger partial charge in [0.15, 0.2) is 0 Å². The van der Waals surface area contributed by atoms with Crippen LogP contribution in [0.1, 0.15) is 36.8 Å². The van der Waals surface area contributed by atoms with E-state index in [1.807, 2.05) is 43.6 Å². The van der Waals surface area contributed by atoms with Crippen molar-refractivity contribution in [2.24, 2.45) is 0 Å². The number of hydrogen-bond acceptors (Lipinski definition) is 2. The van der Waals surface area contributed by atoms with Crippen molar-refractivity contribution in [2.45, 2.75) is 38.8 Å². The van der Waals surface area contributed by atoms with Gasteiger partial charge in [-0.3, -0.25) is 9.59 Å². The summed E-state index contributed by atoms with van der Waals surface area (Å²) in [5.74, 6) is -0.00642. The van der Waals surface area contributed by atoms with Crippen LogP contribution in [-0.4, -0.2) is 28.3 Å². The van der Waals surface area contributed by atoms with Crippen molar-refractivity contribution in [2.75, 3.05) is 12.4 Å². The average molecular weight is 325 g/mol. The Morgan fingerprint density at radius 1 is 1.33 bits per heavy atom. The van der Waals surface area contributed by atoms with Gasteiger partial charge in [0.1, 0.15) is 0 Å². The molecular weight excluding hydrogens is 302 g/mol. The van der Waals surface area contributed by atoms with E-state index in [-0.39, 0.29) is 17.7 Å². The van der Waals surface area contributed by atoms with Crippen molar-refractivity contribution in [1.29, 1.82) is 0 Å². The minimum absolute atomic E-state index is 0.0193. The minimum Gasteiger partial charge on any atom is -0.354 e. The number of hydrogen-bond donors (Lipinski definition) is 1. The zero-order valence-electron chi connectivity index (χ0n) is 14.2. The zero-order valence-corrected chi connectivity index (χ0v) is 14.2. The summed E-state index contributed by atoms with van der Waals surface area (Å²) in [6.45, 7) is 3.60. The summed E-state index contributed by atoms with van der Waals surface area (Å²) in [5.41, 5.74) is 3.00. The van der Waals surface area contributed by atoms with E-state index in [4.69, 9.17) is 0 Å². The molecular formula is C19H23N3O2. The number of para-hydroxylation sites is 1. The highest BCUT2D eigenvalue weighted by Crippen LogP contribution is 2.34. The fourth-order valence-corrected chi connectivity index (χ4v) is 3.19. The second-order valence-corrected chi connectivity index (χ2v) is 6.34. The molecule has 0 aliphatic carbocycles. The van der Waals surface area contributed by atoms with Crippen LogP contribution in [0.5, 0.6) is 0 Å². The van der Waals surface area contributed by atoms with Crippen LogP contribution in [0.3, 0.4) is 0 Å². The molecule has 3 rings (SSSR count). The van der Waals surface area contributed by atoms with E-state index in [1.165, 1.54) is 0 Å². The number of aromatic nitrogens is 1. The SMILES string of the molecule is CCn1ccc(CN(C)C(=O)CC2CC(=O)Nc3ccccc32)c1. The molecule has 1 N–H and O–H groups in total. The lowest BCUT2D eigenvalue weighted by Crippen LogP contribution is -2.30. The lowest BCUT2D eigenvalue weighted by atomic mass is 9.87. The van der Waals surface area contributed by atoms with E-state index in [0.29, 0.717) is 19.4 Å². The van der Waals surface area contributed by atoms with Crippen molar-refractivity contribution in [3.8, 4) is 0 Å². The Balaban J connectivity index is 1.67. The highest BCUT2D eigenvalue weighted by atomic mass is 16.2. The third kappa shape index (κ3) is 3.50. The first-order valence-electron chi connectivity index (χ1n) is 8.34. The third-order valence-corrected chi connectivity index (χ3v) is 4.55. The fraction of sp³-hybridized carbons (Fsp3) is 0.368. The zero-order chi connectivity index (χ0) is 17.1. The van der Waals surface area contributed by atoms with Gasteiger partial charge in [-0.15, -0.1) is 0 Å². The fourth-order valence-electron chi connectivity index (χ4n) is 3.19. The summed E-state index contributed by atoms with van der Waals surface area (Å²) < 4.78 is 2.09. The molecule has 24 heavy (non-hydrogen) atoms. The van der Waals surface area contributed by atoms with Crippen LogP contribution in [0.2, 0.25) is 0 Å². The molecule has 0 spiro atoms. The lowest BCUT2D eigenvalue weighted by Gasteiger charge is -2.27. The van der Waals surface area contributed by atoms with Gasteiger partial charge in [0.25, 0.3) is 0 Å². The first kappa shape index (κ1) is 16.3. The van der Waals surface area contributed by atoms with Crippen LogP contribution in [0, 0.1) is 0 Å². The summed E-state index contributed by atoms with van der Waals surface area (Å²) in [7, 11) is 1.82. The molecule has 0 radical (unpaired) electrons. The topological polar surface area (TPSA) is 54.3 Å². The first-order valence-corrected chi connectivity index (χ1v) is 8.34. The summed E-state index contributed by atoms with van der Waals surface area (Å²) in [5, 5.41) is 2.87. The average Bonchev–Trinajstić information content (AvgIpc) is 3.02. The number of anilines is 1. The maximum atomic E-state index is 12.6. The van der Waals surface area contributed by atoms with E-state index in [9.17, 15) is 9.59 Å². The van der Waals surface area contributed by atoms with E-state index >= 15 is 0 Å². The Morgan fingerprint density at radius 3 is 2.88 bits per heavy atom. The van der Waals surface area contributed by atoms with Crippen LogP contribution < -0.4 is 5.32 Å². The Kier molecular flexibility index (Phi) is 4.69. The summed E-state index contributed by atoms with van der Waals surface area (Å²) in [6, 6.07) is 9.77. The molecule has 1 aliphatic rings. The molecule has 5 heteroatoms. The van der Waals surface area contributed by atoms with E-state index in [0.717, 1.165) is 23.4 Å². The van der Waals surface area contributed by atoms with Crippen LogP contribution in [0.15, 0.2) is 42.7 Å². The second kappa shape index (κ2) is 6.91. The van der Waals surface area contributed by atoms with Gasteiger partial charge >= 0.3 is 0 Å². The van der Waals surface area contributed by atoms with E-state index < -0.39 is 0 Å². The molecule has 1 aromatic heterocycles. The monoisotopic (exact) mass is 325 g/mol. The molecule has 1 aliphatic heterocycles. The maximum absolute atomic E-state index is 12.6. The summed E-state index contributed by atoms with van der Waals surface area (Å²) in [4.78, 5) is 26.2. The van der Waals surface area contributed by atoms with Gasteiger partial charge in [0.2, 0.25) is 11.8 Å². The largest absolute Gasteiger partial charge is 0.354 e. The highest BCUT2D eigenvalue weighted by Gasteiger charge is 2.27. The Labute approximate surface area is 142 Å². The lowest BCUT2D eigenvalue weighted by molar-refractivity contribution is -0.131. The molecule has 2 amide bonds. The van der Waals surface area contributed by atoms with Crippen molar-refractivity contribution in [1.82, 2.24) is 9.47 Å². The molecule has 5 nitrogen and oxygen atoms in total. The number of amides is 2. The van der Waals surface area contributed by atoms with Gasteiger partial charge in [0.05, 0.1) is 0 Å². The number of rotatable bonds is 5. The second-order valence-electron chi connectivity index (χ2n) is 6.34. The predicted octanol–water partition coefficient (Wildman–Crippen LogP) is 2.98. The number of fused-ring (bicyclic) bond motifs is 1. The highest BCUT2D eigenvalue weighted by molar-refractivity contribution is 5.95. The van der Waals surface area contributed by atoms with Crippen molar-refractivity contribution in [3.63, 3.8) is 0 Å². The molecule has 1 unspecified atom stereocenters. The Hall–Kier alpha value is -2.56. The molecule has 0 saturated carbocycles. The van der Waals surface area contributed by atoms with E-state index in [2.05, 4.69) is 23.0 Å². The first-order chi connectivity index (χ1) is 11.6. The third-order valence-electron chi connectivity index (χ3n) is 4.55. The van der Waals surface area contributed by atoms with Gasteiger partial charge in [-0.25, -0.2) is 0 Å². The van der Waals surface area contributed by atoms with Gasteiger partial charge in [0, 0.05) is 57.0 Å². The number of carbonyl (C=O) groups is 2. The molecule has 0 saturated heterocycles. The smallest absolute Gasteiger partial charge is 0.225 e. The summed E-state index contributed by atoms with van der Waals surface area (Å²) in [6.07, 6.45) is 4.81. The number of aryl methyl sites for hydroxylation is 1. The number of benzene rings is 1. The van der Waals surface area contributed by atoms with Crippen molar-refractivity contribution < 1.29 is 9.59 Å². The molecule has 1 atom stereocenters. The van der Waals surface area contributed by atoms with Crippen LogP contribution >= 0.6 is 0 Å². The Bertz CT molecular complexity index is 751. The van der Waals surface area contributed by atoms with E-state index in [1.54, 1.807) is 4.90 Å². The molecule has 0 bridgehead atoms. The number of nitrogens with one attached hydrogen (secondary N) is 1. The normalized spacial score (nSPS) is 16.4. The summed E-state index contributed by atoms with van der Waals surface area (Å²) >= 11 is 0. The number of carbonyl (C=O) groups excluding carboxylic acids is 2. The quantitative estimate of drug-likeness (QED) is 0.919. The van der Waals surface area contributed by atoms with Gasteiger partial charge < -0.3 is 14.8 Å². The molecule has 126 valence electrons. The molecule has 2 aromatic rings. The van der Waals surface area contributed by atoms with Crippen LogP contribution in [0.4, 0.5) is 5.69 Å². The van der Waals surface area contributed by atoms with Gasteiger partial charge in [-0.05, 0) is 30.2 Å². The molecule has 2 heterocycles. The van der Waals surface area contributed by atoms with Gasteiger partial charge in [-0.2, -0.15) is 0 Å². The van der Waals surface area contributed by atoms with Gasteiger partial charge in [-0.1, -0.05) is 18.2 Å². The van der Waals surface area contributed by atoms with Crippen molar-refractivity contribution >= 4 is 17.5 Å². The minimum atomic E-state index is -0.0508. The van der Waals surface area contributed by atoms with Crippen LogP contribution in [0.25, 0.3) is 0 Å². The maximum Gasteiger partial charge on any atom is 0.225 e. The van der Waals surface area contributed by atoms with Crippen molar-refractivity contribution in [3.05, 3.63) is 53.9 Å². The predicted molar refractivity (Wildman–Crippen MR) is 93.6 cm³/mol. The Morgan fingerprint density at radius 2 is 2.12 bits per heavy atom. The number of nitrogens with zero attached hydrogens (tertiary/aromatic N) is 2. The van der Waals surface area contributed by atoms with Crippen LogP contribution in [-0.2, 0) is 22.7 Å².